The number of amides is 2. The molecule has 1 aromatic heterocycles. The number of hydrogen-bond acceptors (Lipinski definition) is 3. The molecule has 6 heteroatoms. The second-order valence-corrected chi connectivity index (χ2v) is 8.38. The van der Waals surface area contributed by atoms with Crippen LogP contribution in [0, 0.1) is 6.92 Å². The van der Waals surface area contributed by atoms with E-state index in [1.165, 1.54) is 0 Å². The molecular formula is C24H26N4O2. The van der Waals surface area contributed by atoms with Crippen LogP contribution in [0.15, 0.2) is 48.5 Å². The predicted octanol–water partition coefficient (Wildman–Crippen LogP) is 3.49. The second kappa shape index (κ2) is 7.59. The smallest absolute Gasteiger partial charge is 0.242 e. The molecule has 2 fully saturated rings. The van der Waals surface area contributed by atoms with Crippen LogP contribution in [-0.2, 0) is 16.1 Å². The molecule has 30 heavy (non-hydrogen) atoms. The molecule has 2 saturated heterocycles. The van der Waals surface area contributed by atoms with E-state index in [4.69, 9.17) is 4.98 Å². The van der Waals surface area contributed by atoms with Crippen LogP contribution in [0.2, 0.25) is 0 Å². The lowest BCUT2D eigenvalue weighted by Gasteiger charge is -2.19. The Bertz CT molecular complexity index is 1110. The molecule has 2 aliphatic rings. The number of hydrogen-bond donors (Lipinski definition) is 0. The number of aromatic nitrogens is 2. The van der Waals surface area contributed by atoms with E-state index in [-0.39, 0.29) is 24.3 Å². The number of rotatable bonds is 4. The molecule has 3 aromatic rings. The highest BCUT2D eigenvalue weighted by molar-refractivity contribution is 5.96. The first-order valence-electron chi connectivity index (χ1n) is 10.7. The van der Waals surface area contributed by atoms with E-state index in [2.05, 4.69) is 0 Å². The predicted molar refractivity (Wildman–Crippen MR) is 116 cm³/mol. The summed E-state index contributed by atoms with van der Waals surface area (Å²) in [4.78, 5) is 34.4. The molecule has 1 atom stereocenters. The third kappa shape index (κ3) is 3.36. The highest BCUT2D eigenvalue weighted by Crippen LogP contribution is 2.33. The van der Waals surface area contributed by atoms with Crippen molar-refractivity contribution < 1.29 is 9.59 Å². The highest BCUT2D eigenvalue weighted by atomic mass is 16.2. The fourth-order valence-electron chi connectivity index (χ4n) is 4.70. The number of para-hydroxylation sites is 2. The number of anilines is 1. The van der Waals surface area contributed by atoms with E-state index in [1.54, 1.807) is 0 Å². The SMILES string of the molecule is Cc1cccc(N2C[C@H](c3nc4ccccc4n3CC(=O)N3CCCC3)CC2=O)c1. The maximum Gasteiger partial charge on any atom is 0.242 e. The number of aryl methyl sites for hydroxylation is 1. The van der Waals surface area contributed by atoms with Crippen molar-refractivity contribution in [2.75, 3.05) is 24.5 Å². The summed E-state index contributed by atoms with van der Waals surface area (Å²) in [7, 11) is 0. The summed E-state index contributed by atoms with van der Waals surface area (Å²) in [5.41, 5.74) is 3.90. The van der Waals surface area contributed by atoms with Gasteiger partial charge >= 0.3 is 0 Å². The molecule has 0 bridgehead atoms. The molecule has 0 N–H and O–H groups in total. The van der Waals surface area contributed by atoms with Crippen molar-refractivity contribution >= 4 is 28.5 Å². The Morgan fingerprint density at radius 1 is 1.10 bits per heavy atom. The first-order valence-corrected chi connectivity index (χ1v) is 10.7. The molecule has 0 radical (unpaired) electrons. The number of likely N-dealkylation sites (tertiary alicyclic amines) is 1. The average Bonchev–Trinajstić information content (AvgIpc) is 3.47. The van der Waals surface area contributed by atoms with Crippen LogP contribution in [0.4, 0.5) is 5.69 Å². The minimum atomic E-state index is -0.0307. The summed E-state index contributed by atoms with van der Waals surface area (Å²) >= 11 is 0. The largest absolute Gasteiger partial charge is 0.341 e. The Labute approximate surface area is 176 Å². The molecule has 6 nitrogen and oxygen atoms in total. The van der Waals surface area contributed by atoms with E-state index < -0.39 is 0 Å². The van der Waals surface area contributed by atoms with E-state index >= 15 is 0 Å². The van der Waals surface area contributed by atoms with Crippen molar-refractivity contribution in [1.82, 2.24) is 14.5 Å². The van der Waals surface area contributed by atoms with Gasteiger partial charge in [0.05, 0.1) is 11.0 Å². The number of imidazole rings is 1. The first-order chi connectivity index (χ1) is 14.6. The van der Waals surface area contributed by atoms with Gasteiger partial charge in [0.2, 0.25) is 11.8 Å². The fraction of sp³-hybridized carbons (Fsp3) is 0.375. The maximum atomic E-state index is 12.9. The third-order valence-corrected chi connectivity index (χ3v) is 6.24. The van der Waals surface area contributed by atoms with Gasteiger partial charge < -0.3 is 14.4 Å². The maximum absolute atomic E-state index is 12.9. The van der Waals surface area contributed by atoms with Gasteiger partial charge in [-0.05, 0) is 49.6 Å². The summed E-state index contributed by atoms with van der Waals surface area (Å²) < 4.78 is 2.04. The zero-order valence-electron chi connectivity index (χ0n) is 17.3. The molecular weight excluding hydrogens is 376 g/mol. The molecule has 154 valence electrons. The molecule has 0 spiro atoms. The van der Waals surface area contributed by atoms with Crippen molar-refractivity contribution in [3.63, 3.8) is 0 Å². The van der Waals surface area contributed by atoms with Crippen molar-refractivity contribution in [1.29, 1.82) is 0 Å². The van der Waals surface area contributed by atoms with Crippen LogP contribution >= 0.6 is 0 Å². The van der Waals surface area contributed by atoms with Crippen LogP contribution in [0.3, 0.4) is 0 Å². The Morgan fingerprint density at radius 3 is 2.70 bits per heavy atom. The van der Waals surface area contributed by atoms with Gasteiger partial charge in [-0.25, -0.2) is 4.98 Å². The average molecular weight is 402 g/mol. The van der Waals surface area contributed by atoms with Gasteiger partial charge in [-0.2, -0.15) is 0 Å². The molecule has 2 amide bonds. The van der Waals surface area contributed by atoms with Gasteiger partial charge in [-0.1, -0.05) is 24.3 Å². The quantitative estimate of drug-likeness (QED) is 0.671. The summed E-state index contributed by atoms with van der Waals surface area (Å²) in [5.74, 6) is 1.05. The van der Waals surface area contributed by atoms with E-state index in [1.807, 2.05) is 69.8 Å². The lowest BCUT2D eigenvalue weighted by Crippen LogP contribution is -2.32. The van der Waals surface area contributed by atoms with E-state index in [9.17, 15) is 9.59 Å². The van der Waals surface area contributed by atoms with Gasteiger partial charge in [-0.15, -0.1) is 0 Å². The van der Waals surface area contributed by atoms with Gasteiger partial charge in [0.25, 0.3) is 0 Å². The lowest BCUT2D eigenvalue weighted by molar-refractivity contribution is -0.130. The molecule has 3 heterocycles. The standard InChI is InChI=1S/C24H26N4O2/c1-17-7-6-8-19(13-17)27-15-18(14-22(27)29)24-25-20-9-2-3-10-21(20)28(24)16-23(30)26-11-4-5-12-26/h2-3,6-10,13,18H,4-5,11-12,14-16H2,1H3/t18-/m1/s1. The summed E-state index contributed by atoms with van der Waals surface area (Å²) in [6.07, 6.45) is 2.56. The topological polar surface area (TPSA) is 58.4 Å². The minimum Gasteiger partial charge on any atom is -0.341 e. The summed E-state index contributed by atoms with van der Waals surface area (Å²) in [5, 5.41) is 0. The molecule has 2 aromatic carbocycles. The van der Waals surface area contributed by atoms with Crippen molar-refractivity contribution in [3.8, 4) is 0 Å². The zero-order chi connectivity index (χ0) is 20.7. The van der Waals surface area contributed by atoms with Crippen LogP contribution in [0.5, 0.6) is 0 Å². The van der Waals surface area contributed by atoms with Gasteiger partial charge in [0.15, 0.2) is 0 Å². The van der Waals surface area contributed by atoms with E-state index in [0.29, 0.717) is 13.0 Å². The number of nitrogens with zero attached hydrogens (tertiary/aromatic N) is 4. The van der Waals surface area contributed by atoms with Gasteiger partial charge in [0.1, 0.15) is 12.4 Å². The molecule has 2 aliphatic heterocycles. The normalized spacial score (nSPS) is 19.2. The molecule has 0 unspecified atom stereocenters. The highest BCUT2D eigenvalue weighted by Gasteiger charge is 2.35. The lowest BCUT2D eigenvalue weighted by atomic mass is 10.1. The number of benzene rings is 2. The second-order valence-electron chi connectivity index (χ2n) is 8.38. The van der Waals surface area contributed by atoms with Crippen LogP contribution < -0.4 is 4.90 Å². The van der Waals surface area contributed by atoms with Gasteiger partial charge in [-0.3, -0.25) is 9.59 Å². The monoisotopic (exact) mass is 402 g/mol. The van der Waals surface area contributed by atoms with Crippen molar-refractivity contribution in [2.24, 2.45) is 0 Å². The Morgan fingerprint density at radius 2 is 1.90 bits per heavy atom. The Hall–Kier alpha value is -3.15. The molecule has 5 rings (SSSR count). The molecule has 0 saturated carbocycles. The van der Waals surface area contributed by atoms with Gasteiger partial charge in [0, 0.05) is 37.7 Å². The fourth-order valence-corrected chi connectivity index (χ4v) is 4.70. The minimum absolute atomic E-state index is 0.0307. The summed E-state index contributed by atoms with van der Waals surface area (Å²) in [6.45, 7) is 4.58. The number of carbonyl (C=O) groups is 2. The van der Waals surface area contributed by atoms with Crippen molar-refractivity contribution in [3.05, 3.63) is 59.9 Å². The van der Waals surface area contributed by atoms with Crippen LogP contribution in [-0.4, -0.2) is 45.9 Å². The Balaban J connectivity index is 1.48. The van der Waals surface area contributed by atoms with Crippen molar-refractivity contribution in [2.45, 2.75) is 38.6 Å². The Kier molecular flexibility index (Phi) is 4.77. The number of fused-ring (bicyclic) bond motifs is 1. The van der Waals surface area contributed by atoms with Crippen LogP contribution in [0.25, 0.3) is 11.0 Å². The first kappa shape index (κ1) is 18.9. The third-order valence-electron chi connectivity index (χ3n) is 6.24. The summed E-state index contributed by atoms with van der Waals surface area (Å²) in [6, 6.07) is 16.0. The zero-order valence-corrected chi connectivity index (χ0v) is 17.3. The number of carbonyl (C=O) groups excluding carboxylic acids is 2. The van der Waals surface area contributed by atoms with Crippen LogP contribution in [0.1, 0.15) is 36.6 Å². The molecule has 0 aliphatic carbocycles. The van der Waals surface area contributed by atoms with E-state index in [0.717, 1.165) is 54.0 Å².